The van der Waals surface area contributed by atoms with Gasteiger partial charge in [-0.15, -0.1) is 0 Å². The van der Waals surface area contributed by atoms with Gasteiger partial charge in [-0.05, 0) is 32.4 Å². The van der Waals surface area contributed by atoms with E-state index in [1.165, 1.54) is 17.8 Å². The third kappa shape index (κ3) is 1.77. The molecule has 0 atom stereocenters. The molecule has 0 N–H and O–H groups in total. The first kappa shape index (κ1) is 11.3. The molecule has 2 heteroatoms. The first-order valence-electron chi connectivity index (χ1n) is 6.14. The van der Waals surface area contributed by atoms with Crippen molar-refractivity contribution in [2.45, 2.75) is 32.7 Å². The molecule has 0 amide bonds. The summed E-state index contributed by atoms with van der Waals surface area (Å²) in [5, 5.41) is 0. The van der Waals surface area contributed by atoms with E-state index < -0.39 is 0 Å². The van der Waals surface area contributed by atoms with Crippen molar-refractivity contribution in [3.8, 4) is 0 Å². The molecule has 16 heavy (non-hydrogen) atoms. The zero-order valence-corrected chi connectivity index (χ0v) is 10.8. The highest BCUT2D eigenvalue weighted by atomic mass is 15.3. The molecule has 2 rings (SSSR count). The van der Waals surface area contributed by atoms with E-state index in [1.54, 1.807) is 0 Å². The van der Waals surface area contributed by atoms with Gasteiger partial charge in [-0.3, -0.25) is 0 Å². The summed E-state index contributed by atoms with van der Waals surface area (Å²) in [5.74, 6) is 0. The van der Waals surface area contributed by atoms with Crippen molar-refractivity contribution in [3.63, 3.8) is 0 Å². The number of likely N-dealkylation sites (N-methyl/N-ethyl adjacent to an activating group) is 1. The van der Waals surface area contributed by atoms with Crippen LogP contribution in [0, 0.1) is 0 Å². The Morgan fingerprint density at radius 2 is 1.75 bits per heavy atom. The normalized spacial score (nSPS) is 16.2. The van der Waals surface area contributed by atoms with Gasteiger partial charge in [-0.25, -0.2) is 0 Å². The zero-order chi connectivity index (χ0) is 11.8. The molecule has 1 aromatic carbocycles. The van der Waals surface area contributed by atoms with E-state index in [-0.39, 0.29) is 5.54 Å². The van der Waals surface area contributed by atoms with Gasteiger partial charge in [0.15, 0.2) is 0 Å². The minimum Gasteiger partial charge on any atom is -0.371 e. The summed E-state index contributed by atoms with van der Waals surface area (Å²) in [6, 6.07) is 8.71. The van der Waals surface area contributed by atoms with Gasteiger partial charge in [0.25, 0.3) is 0 Å². The largest absolute Gasteiger partial charge is 0.371 e. The second-order valence-corrected chi connectivity index (χ2v) is 5.23. The fourth-order valence-electron chi connectivity index (χ4n) is 2.33. The Hall–Kier alpha value is -1.18. The number of rotatable bonds is 2. The van der Waals surface area contributed by atoms with Crippen LogP contribution in [-0.4, -0.2) is 25.7 Å². The average molecular weight is 218 g/mol. The van der Waals surface area contributed by atoms with E-state index in [9.17, 15) is 0 Å². The molecule has 0 aromatic heterocycles. The molecule has 0 aliphatic carbocycles. The van der Waals surface area contributed by atoms with Crippen LogP contribution in [0.5, 0.6) is 0 Å². The second kappa shape index (κ2) is 4.00. The molecule has 1 aliphatic rings. The Bertz CT molecular complexity index is 371. The summed E-state index contributed by atoms with van der Waals surface area (Å²) in [6.45, 7) is 9.15. The Morgan fingerprint density at radius 3 is 2.38 bits per heavy atom. The van der Waals surface area contributed by atoms with Crippen LogP contribution in [0.2, 0.25) is 0 Å². The molecule has 0 unspecified atom stereocenters. The van der Waals surface area contributed by atoms with Crippen molar-refractivity contribution in [3.05, 3.63) is 24.3 Å². The summed E-state index contributed by atoms with van der Waals surface area (Å²) in [4.78, 5) is 4.89. The molecular formula is C14H22N2. The molecule has 0 saturated carbocycles. The van der Waals surface area contributed by atoms with E-state index in [0.29, 0.717) is 0 Å². The average Bonchev–Trinajstić information content (AvgIpc) is 2.29. The fourth-order valence-corrected chi connectivity index (χ4v) is 2.33. The summed E-state index contributed by atoms with van der Waals surface area (Å²) in [7, 11) is 2.18. The van der Waals surface area contributed by atoms with Crippen molar-refractivity contribution in [2.24, 2.45) is 0 Å². The summed E-state index contributed by atoms with van der Waals surface area (Å²) in [6.07, 6.45) is 1.17. The van der Waals surface area contributed by atoms with Crippen LogP contribution in [0.3, 0.4) is 0 Å². The van der Waals surface area contributed by atoms with Gasteiger partial charge < -0.3 is 9.80 Å². The van der Waals surface area contributed by atoms with Crippen molar-refractivity contribution in [1.29, 1.82) is 0 Å². The van der Waals surface area contributed by atoms with Gasteiger partial charge >= 0.3 is 0 Å². The lowest BCUT2D eigenvalue weighted by molar-refractivity contribution is 0.440. The Kier molecular flexibility index (Phi) is 2.83. The number of nitrogens with zero attached hydrogens (tertiary/aromatic N) is 2. The van der Waals surface area contributed by atoms with Gasteiger partial charge in [-0.1, -0.05) is 19.1 Å². The highest BCUT2D eigenvalue weighted by Gasteiger charge is 2.30. The maximum Gasteiger partial charge on any atom is 0.0609 e. The molecule has 0 saturated heterocycles. The lowest BCUT2D eigenvalue weighted by Gasteiger charge is -2.46. The predicted molar refractivity (Wildman–Crippen MR) is 71.4 cm³/mol. The van der Waals surface area contributed by atoms with Crippen LogP contribution in [0.4, 0.5) is 11.4 Å². The standard InChI is InChI=1S/C14H22N2/c1-5-14(2,3)16-11-10-15(4)12-8-6-7-9-13(12)16/h6-9H,5,10-11H2,1-4H3. The SMILES string of the molecule is CCC(C)(C)N1CCN(C)c2ccccc21. The van der Waals surface area contributed by atoms with Crippen LogP contribution >= 0.6 is 0 Å². The van der Waals surface area contributed by atoms with Crippen LogP contribution in [0.25, 0.3) is 0 Å². The maximum atomic E-state index is 2.54. The van der Waals surface area contributed by atoms with Crippen LogP contribution in [0.1, 0.15) is 27.2 Å². The molecule has 0 fully saturated rings. The highest BCUT2D eigenvalue weighted by Crippen LogP contribution is 2.36. The monoisotopic (exact) mass is 218 g/mol. The number of benzene rings is 1. The second-order valence-electron chi connectivity index (χ2n) is 5.23. The number of fused-ring (bicyclic) bond motifs is 1. The first-order chi connectivity index (χ1) is 7.56. The number of para-hydroxylation sites is 2. The van der Waals surface area contributed by atoms with Gasteiger partial charge in [0, 0.05) is 25.7 Å². The van der Waals surface area contributed by atoms with Crippen molar-refractivity contribution in [2.75, 3.05) is 29.9 Å². The van der Waals surface area contributed by atoms with Crippen LogP contribution in [0.15, 0.2) is 24.3 Å². The van der Waals surface area contributed by atoms with Crippen molar-refractivity contribution in [1.82, 2.24) is 0 Å². The Labute approximate surface area is 98.9 Å². The third-order valence-electron chi connectivity index (χ3n) is 3.84. The van der Waals surface area contributed by atoms with E-state index in [0.717, 1.165) is 13.1 Å². The Balaban J connectivity index is 2.42. The lowest BCUT2D eigenvalue weighted by atomic mass is 9.96. The summed E-state index contributed by atoms with van der Waals surface area (Å²) >= 11 is 0. The first-order valence-corrected chi connectivity index (χ1v) is 6.14. The molecule has 0 radical (unpaired) electrons. The highest BCUT2D eigenvalue weighted by molar-refractivity contribution is 5.73. The van der Waals surface area contributed by atoms with E-state index in [4.69, 9.17) is 0 Å². The van der Waals surface area contributed by atoms with E-state index >= 15 is 0 Å². The smallest absolute Gasteiger partial charge is 0.0609 e. The summed E-state index contributed by atoms with van der Waals surface area (Å²) in [5.41, 5.74) is 2.98. The fraction of sp³-hybridized carbons (Fsp3) is 0.571. The van der Waals surface area contributed by atoms with Gasteiger partial charge in [0.1, 0.15) is 0 Å². The van der Waals surface area contributed by atoms with E-state index in [1.807, 2.05) is 0 Å². The maximum absolute atomic E-state index is 2.54. The number of anilines is 2. The molecule has 88 valence electrons. The molecule has 1 aliphatic heterocycles. The molecule has 0 spiro atoms. The quantitative estimate of drug-likeness (QED) is 0.752. The zero-order valence-electron chi connectivity index (χ0n) is 10.8. The lowest BCUT2D eigenvalue weighted by Crippen LogP contribution is -2.50. The van der Waals surface area contributed by atoms with Crippen LogP contribution in [-0.2, 0) is 0 Å². The predicted octanol–water partition coefficient (Wildman–Crippen LogP) is 3.13. The minimum absolute atomic E-state index is 0.247. The number of hydrogen-bond donors (Lipinski definition) is 0. The molecule has 2 nitrogen and oxygen atoms in total. The molecule has 0 bridgehead atoms. The minimum atomic E-state index is 0.247. The third-order valence-corrected chi connectivity index (χ3v) is 3.84. The van der Waals surface area contributed by atoms with Crippen molar-refractivity contribution < 1.29 is 0 Å². The summed E-state index contributed by atoms with van der Waals surface area (Å²) < 4.78 is 0. The topological polar surface area (TPSA) is 6.48 Å². The van der Waals surface area contributed by atoms with Crippen LogP contribution < -0.4 is 9.80 Å². The van der Waals surface area contributed by atoms with Gasteiger partial charge in [-0.2, -0.15) is 0 Å². The Morgan fingerprint density at radius 1 is 1.12 bits per heavy atom. The van der Waals surface area contributed by atoms with E-state index in [2.05, 4.69) is 61.9 Å². The number of hydrogen-bond acceptors (Lipinski definition) is 2. The molecule has 1 aromatic rings. The molecule has 1 heterocycles. The van der Waals surface area contributed by atoms with Gasteiger partial charge in [0.2, 0.25) is 0 Å². The van der Waals surface area contributed by atoms with Crippen molar-refractivity contribution >= 4 is 11.4 Å². The molecular weight excluding hydrogens is 196 g/mol. The van der Waals surface area contributed by atoms with Gasteiger partial charge in [0.05, 0.1) is 11.4 Å².